The first-order valence-corrected chi connectivity index (χ1v) is 9.91. The minimum Gasteiger partial charge on any atom is -0.337 e. The second-order valence-electron chi connectivity index (χ2n) is 6.88. The van der Waals surface area contributed by atoms with Crippen LogP contribution in [0.1, 0.15) is 22.6 Å². The number of hydrogen-bond acceptors (Lipinski definition) is 6. The third-order valence-corrected chi connectivity index (χ3v) is 5.98. The van der Waals surface area contributed by atoms with E-state index in [9.17, 15) is 10.1 Å². The summed E-state index contributed by atoms with van der Waals surface area (Å²) in [6.45, 7) is 2.53. The number of carbonyl (C=O) groups is 1. The van der Waals surface area contributed by atoms with E-state index in [0.717, 1.165) is 54.4 Å². The molecule has 1 amide bonds. The number of benzene rings is 1. The second kappa shape index (κ2) is 7.51. The summed E-state index contributed by atoms with van der Waals surface area (Å²) in [6, 6.07) is 9.94. The zero-order valence-electron chi connectivity index (χ0n) is 15.2. The highest BCUT2D eigenvalue weighted by atomic mass is 32.1. The van der Waals surface area contributed by atoms with E-state index in [4.69, 9.17) is 0 Å². The molecule has 2 aliphatic rings. The molecule has 1 aromatic heterocycles. The molecule has 0 aliphatic carbocycles. The Morgan fingerprint density at radius 2 is 2.19 bits per heavy atom. The number of fused-ring (bicyclic) bond motifs is 2. The van der Waals surface area contributed by atoms with E-state index in [0.29, 0.717) is 6.54 Å². The van der Waals surface area contributed by atoms with Crippen molar-refractivity contribution in [1.82, 2.24) is 9.88 Å². The molecule has 6 nitrogen and oxygen atoms in total. The molecule has 7 heteroatoms. The smallest absolute Gasteiger partial charge is 0.270 e. The van der Waals surface area contributed by atoms with Crippen molar-refractivity contribution in [2.75, 3.05) is 30.4 Å². The number of hydrogen-bond donors (Lipinski definition) is 1. The quantitative estimate of drug-likeness (QED) is 0.656. The molecule has 0 fully saturated rings. The maximum Gasteiger partial charge on any atom is 0.270 e. The summed E-state index contributed by atoms with van der Waals surface area (Å²) < 4.78 is 0. The predicted molar refractivity (Wildman–Crippen MR) is 107 cm³/mol. The number of aryl methyl sites for hydroxylation is 1. The molecule has 1 aromatic carbocycles. The van der Waals surface area contributed by atoms with Crippen LogP contribution in [0.4, 0.5) is 10.8 Å². The van der Waals surface area contributed by atoms with Gasteiger partial charge in [-0.2, -0.15) is 5.26 Å². The number of anilines is 2. The van der Waals surface area contributed by atoms with Gasteiger partial charge < -0.3 is 15.1 Å². The van der Waals surface area contributed by atoms with Gasteiger partial charge in [-0.1, -0.05) is 18.2 Å². The molecule has 0 bridgehead atoms. The Bertz CT molecular complexity index is 942. The Labute approximate surface area is 162 Å². The molecular weight excluding hydrogens is 358 g/mol. The first-order chi connectivity index (χ1) is 13.2. The molecule has 0 atom stereocenters. The van der Waals surface area contributed by atoms with Crippen molar-refractivity contribution in [1.29, 1.82) is 5.26 Å². The Morgan fingerprint density at radius 1 is 1.33 bits per heavy atom. The average Bonchev–Trinajstić information content (AvgIpc) is 3.09. The van der Waals surface area contributed by atoms with Gasteiger partial charge in [-0.25, -0.2) is 4.98 Å². The van der Waals surface area contributed by atoms with Gasteiger partial charge in [0.15, 0.2) is 5.13 Å². The van der Waals surface area contributed by atoms with Gasteiger partial charge in [0, 0.05) is 42.8 Å². The molecule has 4 rings (SSSR count). The van der Waals surface area contributed by atoms with Crippen molar-refractivity contribution in [3.05, 3.63) is 52.2 Å². The summed E-state index contributed by atoms with van der Waals surface area (Å²) in [4.78, 5) is 22.7. The van der Waals surface area contributed by atoms with E-state index >= 15 is 0 Å². The Morgan fingerprint density at radius 3 is 3.04 bits per heavy atom. The molecule has 138 valence electrons. The van der Waals surface area contributed by atoms with Crippen LogP contribution in [0.2, 0.25) is 0 Å². The van der Waals surface area contributed by atoms with E-state index < -0.39 is 0 Å². The van der Waals surface area contributed by atoms with Crippen LogP contribution in [0.15, 0.2) is 36.0 Å². The van der Waals surface area contributed by atoms with E-state index in [1.54, 1.807) is 16.2 Å². The van der Waals surface area contributed by atoms with Gasteiger partial charge in [0.2, 0.25) is 0 Å². The number of aromatic nitrogens is 1. The van der Waals surface area contributed by atoms with Crippen LogP contribution in [0.25, 0.3) is 0 Å². The fraction of sp³-hybridized carbons (Fsp3) is 0.350. The SMILES string of the molecule is CN1CCc2nc(N/C=C(/C#N)C(=O)N3CCCc4ccccc43)sc2C1. The van der Waals surface area contributed by atoms with Gasteiger partial charge in [-0.15, -0.1) is 11.3 Å². The molecule has 2 aliphatic heterocycles. The topological polar surface area (TPSA) is 72.3 Å². The maximum absolute atomic E-state index is 12.9. The number of nitrogens with one attached hydrogen (secondary N) is 1. The van der Waals surface area contributed by atoms with Crippen LogP contribution in [0.3, 0.4) is 0 Å². The Hall–Kier alpha value is -2.69. The van der Waals surface area contributed by atoms with Crippen LogP contribution in [-0.2, 0) is 24.2 Å². The molecule has 0 radical (unpaired) electrons. The maximum atomic E-state index is 12.9. The number of carbonyl (C=O) groups excluding carboxylic acids is 1. The van der Waals surface area contributed by atoms with Crippen LogP contribution < -0.4 is 10.2 Å². The number of rotatable bonds is 3. The number of para-hydroxylation sites is 1. The van der Waals surface area contributed by atoms with Crippen LogP contribution in [0.5, 0.6) is 0 Å². The van der Waals surface area contributed by atoms with Gasteiger partial charge >= 0.3 is 0 Å². The molecule has 0 spiro atoms. The van der Waals surface area contributed by atoms with Crippen molar-refractivity contribution in [2.45, 2.75) is 25.8 Å². The van der Waals surface area contributed by atoms with Gasteiger partial charge in [0.05, 0.1) is 5.69 Å². The van der Waals surface area contributed by atoms with Gasteiger partial charge in [0.25, 0.3) is 5.91 Å². The molecule has 1 N–H and O–H groups in total. The summed E-state index contributed by atoms with van der Waals surface area (Å²) in [6.07, 6.45) is 4.29. The van der Waals surface area contributed by atoms with Crippen molar-refractivity contribution in [3.63, 3.8) is 0 Å². The second-order valence-corrected chi connectivity index (χ2v) is 7.96. The van der Waals surface area contributed by atoms with Gasteiger partial charge in [0.1, 0.15) is 11.6 Å². The molecule has 0 unspecified atom stereocenters. The van der Waals surface area contributed by atoms with Crippen molar-refractivity contribution in [2.24, 2.45) is 0 Å². The van der Waals surface area contributed by atoms with E-state index in [1.807, 2.05) is 30.3 Å². The Balaban J connectivity index is 1.53. The monoisotopic (exact) mass is 379 g/mol. The third-order valence-electron chi connectivity index (χ3n) is 4.97. The first kappa shape index (κ1) is 17.7. The lowest BCUT2D eigenvalue weighted by Crippen LogP contribution is -2.36. The normalized spacial score (nSPS) is 17.0. The van der Waals surface area contributed by atoms with E-state index in [1.165, 1.54) is 11.1 Å². The fourth-order valence-electron chi connectivity index (χ4n) is 3.55. The molecule has 0 saturated heterocycles. The summed E-state index contributed by atoms with van der Waals surface area (Å²) in [7, 11) is 2.10. The van der Waals surface area contributed by atoms with Crippen molar-refractivity contribution < 1.29 is 4.79 Å². The number of amides is 1. The lowest BCUT2D eigenvalue weighted by Gasteiger charge is -2.29. The number of thiazole rings is 1. The van der Waals surface area contributed by atoms with E-state index in [2.05, 4.69) is 22.2 Å². The summed E-state index contributed by atoms with van der Waals surface area (Å²) in [5, 5.41) is 13.3. The summed E-state index contributed by atoms with van der Waals surface area (Å²) >= 11 is 1.58. The molecule has 0 saturated carbocycles. The standard InChI is InChI=1S/C20H21N5OS/c1-24-10-8-16-18(13-24)27-20(23-16)22-12-15(11-21)19(26)25-9-4-6-14-5-2-3-7-17(14)25/h2-3,5,7,12H,4,6,8-10,13H2,1H3,(H,22,23)/b15-12-. The molecule has 3 heterocycles. The Kier molecular flexibility index (Phi) is 4.92. The molecule has 27 heavy (non-hydrogen) atoms. The lowest BCUT2D eigenvalue weighted by molar-refractivity contribution is -0.114. The van der Waals surface area contributed by atoms with Crippen LogP contribution >= 0.6 is 11.3 Å². The molecule has 2 aromatic rings. The zero-order valence-corrected chi connectivity index (χ0v) is 16.1. The fourth-order valence-corrected chi connectivity index (χ4v) is 4.61. The number of nitrogens with zero attached hydrogens (tertiary/aromatic N) is 4. The number of likely N-dealkylation sites (N-methyl/N-ethyl adjacent to an activating group) is 1. The minimum atomic E-state index is -0.266. The average molecular weight is 379 g/mol. The highest BCUT2D eigenvalue weighted by Crippen LogP contribution is 2.29. The van der Waals surface area contributed by atoms with Crippen molar-refractivity contribution >= 4 is 28.1 Å². The largest absolute Gasteiger partial charge is 0.337 e. The first-order valence-electron chi connectivity index (χ1n) is 9.09. The van der Waals surface area contributed by atoms with E-state index in [-0.39, 0.29) is 11.5 Å². The number of nitriles is 1. The van der Waals surface area contributed by atoms with Crippen molar-refractivity contribution in [3.8, 4) is 6.07 Å². The zero-order chi connectivity index (χ0) is 18.8. The molecular formula is C20H21N5OS. The summed E-state index contributed by atoms with van der Waals surface area (Å²) in [5.74, 6) is -0.266. The van der Waals surface area contributed by atoms with Crippen LogP contribution in [-0.4, -0.2) is 35.9 Å². The van der Waals surface area contributed by atoms with Gasteiger partial charge in [-0.05, 0) is 31.5 Å². The highest BCUT2D eigenvalue weighted by molar-refractivity contribution is 7.15. The predicted octanol–water partition coefficient (Wildman–Crippen LogP) is 2.93. The minimum absolute atomic E-state index is 0.0944. The highest BCUT2D eigenvalue weighted by Gasteiger charge is 2.25. The third kappa shape index (κ3) is 3.59. The van der Waals surface area contributed by atoms with Gasteiger partial charge in [-0.3, -0.25) is 4.79 Å². The van der Waals surface area contributed by atoms with Crippen LogP contribution in [0, 0.1) is 11.3 Å². The summed E-state index contributed by atoms with van der Waals surface area (Å²) in [5.41, 5.74) is 3.27. The lowest BCUT2D eigenvalue weighted by atomic mass is 10.0.